The van der Waals surface area contributed by atoms with Crippen molar-refractivity contribution in [3.8, 4) is 0 Å². The molecule has 6 nitrogen and oxygen atoms in total. The zero-order valence-corrected chi connectivity index (χ0v) is 12.3. The van der Waals surface area contributed by atoms with Crippen LogP contribution >= 0.6 is 11.3 Å². The van der Waals surface area contributed by atoms with Crippen molar-refractivity contribution in [1.82, 2.24) is 10.3 Å². The van der Waals surface area contributed by atoms with Crippen LogP contribution in [-0.4, -0.2) is 28.1 Å². The van der Waals surface area contributed by atoms with E-state index in [4.69, 9.17) is 5.11 Å². The Morgan fingerprint density at radius 1 is 1.35 bits per heavy atom. The van der Waals surface area contributed by atoms with Crippen LogP contribution in [0.5, 0.6) is 0 Å². The van der Waals surface area contributed by atoms with Crippen LogP contribution in [-0.2, 0) is 11.2 Å². The summed E-state index contributed by atoms with van der Waals surface area (Å²) in [5, 5.41) is 14.9. The molecule has 0 aliphatic heterocycles. The molecule has 110 valence electrons. The first kappa shape index (κ1) is 14.8. The van der Waals surface area contributed by atoms with Crippen molar-refractivity contribution in [3.63, 3.8) is 0 Å². The second kappa shape index (κ2) is 6.69. The normalized spacial score (nSPS) is 15.8. The van der Waals surface area contributed by atoms with E-state index < -0.39 is 5.97 Å². The number of carboxylic acid groups (broad SMARTS) is 1. The zero-order chi connectivity index (χ0) is 14.5. The molecule has 1 aromatic heterocycles. The molecule has 0 spiro atoms. The summed E-state index contributed by atoms with van der Waals surface area (Å²) < 4.78 is 0. The van der Waals surface area contributed by atoms with Crippen LogP contribution in [0.4, 0.5) is 9.93 Å². The fourth-order valence-electron chi connectivity index (χ4n) is 2.35. The van der Waals surface area contributed by atoms with Crippen LogP contribution in [0.25, 0.3) is 0 Å². The lowest BCUT2D eigenvalue weighted by atomic mass is 9.96. The molecule has 1 heterocycles. The lowest BCUT2D eigenvalue weighted by molar-refractivity contribution is -0.136. The summed E-state index contributed by atoms with van der Waals surface area (Å²) >= 11 is 1.21. The maximum absolute atomic E-state index is 11.9. The number of rotatable bonds is 4. The number of anilines is 1. The third-order valence-corrected chi connectivity index (χ3v) is 4.44. The van der Waals surface area contributed by atoms with E-state index in [-0.39, 0.29) is 18.5 Å². The molecule has 20 heavy (non-hydrogen) atoms. The molecule has 2 rings (SSSR count). The van der Waals surface area contributed by atoms with Gasteiger partial charge in [0.2, 0.25) is 0 Å². The van der Waals surface area contributed by atoms with Gasteiger partial charge in [-0.3, -0.25) is 10.1 Å². The molecule has 0 radical (unpaired) electrons. The minimum absolute atomic E-state index is 0.0601. The van der Waals surface area contributed by atoms with E-state index in [1.54, 1.807) is 6.92 Å². The largest absolute Gasteiger partial charge is 0.481 e. The number of aryl methyl sites for hydroxylation is 1. The molecule has 1 aromatic rings. The Kier molecular flexibility index (Phi) is 4.94. The maximum Gasteiger partial charge on any atom is 0.321 e. The number of carbonyl (C=O) groups is 2. The van der Waals surface area contributed by atoms with Gasteiger partial charge >= 0.3 is 12.0 Å². The van der Waals surface area contributed by atoms with Crippen LogP contribution in [0.15, 0.2) is 0 Å². The SMILES string of the molecule is Cc1nc(NC(=O)NC2CCCCC2)sc1CC(=O)O. The molecule has 0 saturated heterocycles. The first-order valence-electron chi connectivity index (χ1n) is 6.80. The monoisotopic (exact) mass is 297 g/mol. The number of aromatic nitrogens is 1. The minimum Gasteiger partial charge on any atom is -0.481 e. The molecule has 0 bridgehead atoms. The highest BCUT2D eigenvalue weighted by atomic mass is 32.1. The van der Waals surface area contributed by atoms with Crippen LogP contribution in [0, 0.1) is 6.92 Å². The molecule has 1 aliphatic carbocycles. The second-order valence-electron chi connectivity index (χ2n) is 5.03. The van der Waals surface area contributed by atoms with Gasteiger partial charge in [0.05, 0.1) is 12.1 Å². The van der Waals surface area contributed by atoms with Crippen LogP contribution in [0.1, 0.15) is 42.7 Å². The third kappa shape index (κ3) is 4.19. The number of carboxylic acids is 1. The van der Waals surface area contributed by atoms with Crippen LogP contribution in [0.3, 0.4) is 0 Å². The van der Waals surface area contributed by atoms with Crippen molar-refractivity contribution in [2.24, 2.45) is 0 Å². The topological polar surface area (TPSA) is 91.3 Å². The number of hydrogen-bond donors (Lipinski definition) is 3. The van der Waals surface area contributed by atoms with Gasteiger partial charge in [0, 0.05) is 10.9 Å². The smallest absolute Gasteiger partial charge is 0.321 e. The van der Waals surface area contributed by atoms with Gasteiger partial charge in [-0.05, 0) is 19.8 Å². The molecular weight excluding hydrogens is 278 g/mol. The van der Waals surface area contributed by atoms with Crippen molar-refractivity contribution in [3.05, 3.63) is 10.6 Å². The molecule has 0 unspecified atom stereocenters. The molecule has 1 aliphatic rings. The highest BCUT2D eigenvalue weighted by molar-refractivity contribution is 7.16. The van der Waals surface area contributed by atoms with E-state index in [1.807, 2.05) is 0 Å². The predicted octanol–water partition coefficient (Wildman–Crippen LogP) is 2.53. The zero-order valence-electron chi connectivity index (χ0n) is 11.4. The first-order valence-corrected chi connectivity index (χ1v) is 7.62. The van der Waals surface area contributed by atoms with Crippen molar-refractivity contribution in [2.75, 3.05) is 5.32 Å². The van der Waals surface area contributed by atoms with Gasteiger partial charge in [0.1, 0.15) is 0 Å². The molecular formula is C13H19N3O3S. The number of amides is 2. The molecule has 7 heteroatoms. The van der Waals surface area contributed by atoms with E-state index >= 15 is 0 Å². The van der Waals surface area contributed by atoms with E-state index in [1.165, 1.54) is 17.8 Å². The molecule has 1 fully saturated rings. The van der Waals surface area contributed by atoms with Crippen molar-refractivity contribution in [1.29, 1.82) is 0 Å². The molecule has 0 aromatic carbocycles. The molecule has 2 amide bonds. The Morgan fingerprint density at radius 3 is 2.70 bits per heavy atom. The summed E-state index contributed by atoms with van der Waals surface area (Å²) in [4.78, 5) is 27.4. The number of nitrogens with one attached hydrogen (secondary N) is 2. The summed E-state index contributed by atoms with van der Waals surface area (Å²) in [5.41, 5.74) is 0.658. The van der Waals surface area contributed by atoms with Gasteiger partial charge < -0.3 is 10.4 Å². The summed E-state index contributed by atoms with van der Waals surface area (Å²) in [6.45, 7) is 1.75. The average Bonchev–Trinajstić information content (AvgIpc) is 2.69. The summed E-state index contributed by atoms with van der Waals surface area (Å²) in [6, 6.07) is -0.0178. The number of urea groups is 1. The molecule has 0 atom stereocenters. The quantitative estimate of drug-likeness (QED) is 0.796. The Labute approximate surface area is 121 Å². The number of hydrogen-bond acceptors (Lipinski definition) is 4. The highest BCUT2D eigenvalue weighted by Gasteiger charge is 2.17. The van der Waals surface area contributed by atoms with E-state index in [2.05, 4.69) is 15.6 Å². The minimum atomic E-state index is -0.894. The Bertz CT molecular complexity index is 495. The first-order chi connectivity index (χ1) is 9.54. The summed E-state index contributed by atoms with van der Waals surface area (Å²) in [5.74, 6) is -0.894. The number of carbonyl (C=O) groups excluding carboxylic acids is 1. The van der Waals surface area contributed by atoms with Gasteiger partial charge in [-0.15, -0.1) is 11.3 Å². The van der Waals surface area contributed by atoms with Crippen molar-refractivity contribution in [2.45, 2.75) is 51.5 Å². The fourth-order valence-corrected chi connectivity index (χ4v) is 3.30. The molecule has 3 N–H and O–H groups in total. The average molecular weight is 297 g/mol. The maximum atomic E-state index is 11.9. The van der Waals surface area contributed by atoms with Crippen LogP contribution < -0.4 is 10.6 Å². The van der Waals surface area contributed by atoms with Gasteiger partial charge in [-0.2, -0.15) is 0 Å². The lowest BCUT2D eigenvalue weighted by Crippen LogP contribution is -2.38. The van der Waals surface area contributed by atoms with Crippen molar-refractivity contribution < 1.29 is 14.7 Å². The van der Waals surface area contributed by atoms with Gasteiger partial charge in [0.25, 0.3) is 0 Å². The van der Waals surface area contributed by atoms with Gasteiger partial charge in [0.15, 0.2) is 5.13 Å². The second-order valence-corrected chi connectivity index (χ2v) is 6.12. The fraction of sp³-hybridized carbons (Fsp3) is 0.615. The number of aliphatic carboxylic acids is 1. The van der Waals surface area contributed by atoms with E-state index in [0.29, 0.717) is 15.7 Å². The van der Waals surface area contributed by atoms with Crippen molar-refractivity contribution >= 4 is 28.5 Å². The van der Waals surface area contributed by atoms with Gasteiger partial charge in [-0.25, -0.2) is 9.78 Å². The Balaban J connectivity index is 1.88. The summed E-state index contributed by atoms with van der Waals surface area (Å²) in [7, 11) is 0. The van der Waals surface area contributed by atoms with Crippen LogP contribution in [0.2, 0.25) is 0 Å². The van der Waals surface area contributed by atoms with E-state index in [0.717, 1.165) is 25.7 Å². The Morgan fingerprint density at radius 2 is 2.05 bits per heavy atom. The number of nitrogens with zero attached hydrogens (tertiary/aromatic N) is 1. The van der Waals surface area contributed by atoms with E-state index in [9.17, 15) is 9.59 Å². The number of thiazole rings is 1. The third-order valence-electron chi connectivity index (χ3n) is 3.37. The predicted molar refractivity (Wildman–Crippen MR) is 77.2 cm³/mol. The lowest BCUT2D eigenvalue weighted by Gasteiger charge is -2.22. The summed E-state index contributed by atoms with van der Waals surface area (Å²) in [6.07, 6.45) is 5.54. The standard InChI is InChI=1S/C13H19N3O3S/c1-8-10(7-11(17)18)20-13(14-8)16-12(19)15-9-5-3-2-4-6-9/h9H,2-7H2,1H3,(H,17,18)(H2,14,15,16,19). The Hall–Kier alpha value is -1.63. The molecule has 1 saturated carbocycles. The highest BCUT2D eigenvalue weighted by Crippen LogP contribution is 2.23. The van der Waals surface area contributed by atoms with Gasteiger partial charge in [-0.1, -0.05) is 19.3 Å².